The molecule has 0 fully saturated rings. The standard InChI is InChI=1S/C40H32/c1-40(2,3)39-19-18-31-22-34(16-17-35(31)26-39)38-24-36(32-14-12-27-8-4-6-10-29(27)20-32)23-37(25-38)33-15-13-28-9-5-7-11-30(28)21-33/h4-26H,1-3H3. The summed E-state index contributed by atoms with van der Waals surface area (Å²) in [6.45, 7) is 6.82. The van der Waals surface area contributed by atoms with Crippen LogP contribution in [0.4, 0.5) is 0 Å². The van der Waals surface area contributed by atoms with E-state index in [2.05, 4.69) is 160 Å². The SMILES string of the molecule is CC(C)(C)c1ccc2cc(-c3cc(-c4ccc5ccccc5c4)cc(-c4ccc5ccccc5c4)c3)ccc2c1. The Balaban J connectivity index is 1.41. The highest BCUT2D eigenvalue weighted by Gasteiger charge is 2.14. The van der Waals surface area contributed by atoms with Crippen molar-refractivity contribution in [2.75, 3.05) is 0 Å². The van der Waals surface area contributed by atoms with Crippen molar-refractivity contribution < 1.29 is 0 Å². The van der Waals surface area contributed by atoms with Crippen molar-refractivity contribution in [3.05, 3.63) is 145 Å². The maximum atomic E-state index is 2.35. The molecule has 7 aromatic carbocycles. The van der Waals surface area contributed by atoms with Crippen LogP contribution in [-0.4, -0.2) is 0 Å². The molecule has 0 aromatic heterocycles. The molecule has 0 bridgehead atoms. The molecule has 0 atom stereocenters. The molecule has 7 rings (SSSR count). The first-order valence-electron chi connectivity index (χ1n) is 14.1. The first-order valence-corrected chi connectivity index (χ1v) is 14.1. The number of hydrogen-bond donors (Lipinski definition) is 0. The second-order valence-corrected chi connectivity index (χ2v) is 11.9. The van der Waals surface area contributed by atoms with E-state index in [-0.39, 0.29) is 5.41 Å². The highest BCUT2D eigenvalue weighted by molar-refractivity contribution is 5.93. The van der Waals surface area contributed by atoms with Gasteiger partial charge in [-0.1, -0.05) is 124 Å². The van der Waals surface area contributed by atoms with Gasteiger partial charge in [-0.05, 0) is 113 Å². The fraction of sp³-hybridized carbons (Fsp3) is 0.100. The first-order chi connectivity index (χ1) is 19.4. The predicted molar refractivity (Wildman–Crippen MR) is 174 cm³/mol. The lowest BCUT2D eigenvalue weighted by molar-refractivity contribution is 0.591. The first kappa shape index (κ1) is 24.4. The molecule has 0 saturated heterocycles. The van der Waals surface area contributed by atoms with Gasteiger partial charge in [0.2, 0.25) is 0 Å². The lowest BCUT2D eigenvalue weighted by atomic mass is 9.85. The largest absolute Gasteiger partial charge is 0.0616 e. The molecule has 0 aliphatic rings. The molecular weight excluding hydrogens is 480 g/mol. The summed E-state index contributed by atoms with van der Waals surface area (Å²) in [5, 5.41) is 7.61. The predicted octanol–water partition coefficient (Wildman–Crippen LogP) is 11.4. The summed E-state index contributed by atoms with van der Waals surface area (Å²) in [5.41, 5.74) is 8.90. The van der Waals surface area contributed by atoms with Crippen LogP contribution in [0, 0.1) is 0 Å². The minimum absolute atomic E-state index is 0.135. The third kappa shape index (κ3) is 4.56. The second-order valence-electron chi connectivity index (χ2n) is 11.9. The van der Waals surface area contributed by atoms with Crippen molar-refractivity contribution in [2.45, 2.75) is 26.2 Å². The molecule has 192 valence electrons. The van der Waals surface area contributed by atoms with Crippen molar-refractivity contribution in [1.29, 1.82) is 0 Å². The topological polar surface area (TPSA) is 0 Å². The molecule has 0 spiro atoms. The summed E-state index contributed by atoms with van der Waals surface area (Å²) in [7, 11) is 0. The van der Waals surface area contributed by atoms with Crippen LogP contribution >= 0.6 is 0 Å². The van der Waals surface area contributed by atoms with Crippen LogP contribution < -0.4 is 0 Å². The van der Waals surface area contributed by atoms with Crippen LogP contribution in [0.2, 0.25) is 0 Å². The van der Waals surface area contributed by atoms with Gasteiger partial charge in [-0.15, -0.1) is 0 Å². The van der Waals surface area contributed by atoms with Crippen LogP contribution in [0.5, 0.6) is 0 Å². The lowest BCUT2D eigenvalue weighted by Gasteiger charge is -2.19. The van der Waals surface area contributed by atoms with E-state index in [0.717, 1.165) is 0 Å². The fourth-order valence-corrected chi connectivity index (χ4v) is 5.76. The Morgan fingerprint density at radius 2 is 0.650 bits per heavy atom. The molecule has 0 nitrogen and oxygen atoms in total. The highest BCUT2D eigenvalue weighted by Crippen LogP contribution is 2.36. The van der Waals surface area contributed by atoms with Crippen LogP contribution in [0.1, 0.15) is 26.3 Å². The average molecular weight is 513 g/mol. The van der Waals surface area contributed by atoms with Gasteiger partial charge in [0.15, 0.2) is 0 Å². The van der Waals surface area contributed by atoms with Gasteiger partial charge in [-0.2, -0.15) is 0 Å². The van der Waals surface area contributed by atoms with Gasteiger partial charge in [0.25, 0.3) is 0 Å². The van der Waals surface area contributed by atoms with E-state index in [9.17, 15) is 0 Å². The Kier molecular flexibility index (Phi) is 5.79. The number of hydrogen-bond acceptors (Lipinski definition) is 0. The molecule has 40 heavy (non-hydrogen) atoms. The zero-order valence-electron chi connectivity index (χ0n) is 23.3. The molecular formula is C40H32. The smallest absolute Gasteiger partial charge is 0.0132 e. The third-order valence-electron chi connectivity index (χ3n) is 8.14. The molecule has 0 heteroatoms. The van der Waals surface area contributed by atoms with Crippen molar-refractivity contribution in [3.8, 4) is 33.4 Å². The molecule has 7 aromatic rings. The summed E-state index contributed by atoms with van der Waals surface area (Å²) in [6, 6.07) is 51.6. The second kappa shape index (κ2) is 9.50. The van der Waals surface area contributed by atoms with Gasteiger partial charge in [-0.3, -0.25) is 0 Å². The van der Waals surface area contributed by atoms with E-state index in [4.69, 9.17) is 0 Å². The summed E-state index contributed by atoms with van der Waals surface area (Å²) in [4.78, 5) is 0. The van der Waals surface area contributed by atoms with E-state index in [1.807, 2.05) is 0 Å². The Hall–Kier alpha value is -4.68. The van der Waals surface area contributed by atoms with Gasteiger partial charge in [0, 0.05) is 0 Å². The molecule has 0 saturated carbocycles. The maximum absolute atomic E-state index is 2.35. The Bertz CT molecular complexity index is 1940. The molecule has 0 unspecified atom stereocenters. The van der Waals surface area contributed by atoms with Crippen LogP contribution in [0.3, 0.4) is 0 Å². The minimum atomic E-state index is 0.135. The number of rotatable bonds is 3. The average Bonchev–Trinajstić information content (AvgIpc) is 2.99. The van der Waals surface area contributed by atoms with Gasteiger partial charge in [0.05, 0.1) is 0 Å². The van der Waals surface area contributed by atoms with Gasteiger partial charge in [0.1, 0.15) is 0 Å². The quantitative estimate of drug-likeness (QED) is 0.221. The van der Waals surface area contributed by atoms with Crippen molar-refractivity contribution in [3.63, 3.8) is 0 Å². The van der Waals surface area contributed by atoms with Gasteiger partial charge < -0.3 is 0 Å². The lowest BCUT2D eigenvalue weighted by Crippen LogP contribution is -2.10. The number of benzene rings is 7. The van der Waals surface area contributed by atoms with E-state index >= 15 is 0 Å². The zero-order chi connectivity index (χ0) is 27.3. The van der Waals surface area contributed by atoms with Crippen molar-refractivity contribution in [2.24, 2.45) is 0 Å². The molecule has 0 heterocycles. The Labute approximate surface area is 236 Å². The third-order valence-corrected chi connectivity index (χ3v) is 8.14. The van der Waals surface area contributed by atoms with E-state index < -0.39 is 0 Å². The normalized spacial score (nSPS) is 11.9. The van der Waals surface area contributed by atoms with Gasteiger partial charge in [-0.25, -0.2) is 0 Å². The van der Waals surface area contributed by atoms with Crippen LogP contribution in [0.25, 0.3) is 65.7 Å². The summed E-state index contributed by atoms with van der Waals surface area (Å²) >= 11 is 0. The fourth-order valence-electron chi connectivity index (χ4n) is 5.76. The van der Waals surface area contributed by atoms with Gasteiger partial charge >= 0.3 is 0 Å². The van der Waals surface area contributed by atoms with Crippen molar-refractivity contribution >= 4 is 32.3 Å². The Morgan fingerprint density at radius 1 is 0.300 bits per heavy atom. The monoisotopic (exact) mass is 512 g/mol. The molecule has 0 radical (unpaired) electrons. The molecule has 0 aliphatic carbocycles. The van der Waals surface area contributed by atoms with E-state index in [0.29, 0.717) is 0 Å². The minimum Gasteiger partial charge on any atom is -0.0616 e. The van der Waals surface area contributed by atoms with Crippen molar-refractivity contribution in [1.82, 2.24) is 0 Å². The van der Waals surface area contributed by atoms with Crippen LogP contribution in [-0.2, 0) is 5.41 Å². The number of fused-ring (bicyclic) bond motifs is 3. The molecule has 0 amide bonds. The summed E-state index contributed by atoms with van der Waals surface area (Å²) in [5.74, 6) is 0. The maximum Gasteiger partial charge on any atom is -0.0132 e. The summed E-state index contributed by atoms with van der Waals surface area (Å²) in [6.07, 6.45) is 0. The molecule has 0 aliphatic heterocycles. The highest BCUT2D eigenvalue weighted by atomic mass is 14.2. The summed E-state index contributed by atoms with van der Waals surface area (Å²) < 4.78 is 0. The van der Waals surface area contributed by atoms with Crippen LogP contribution in [0.15, 0.2) is 140 Å². The Morgan fingerprint density at radius 3 is 1.10 bits per heavy atom. The zero-order valence-corrected chi connectivity index (χ0v) is 23.3. The molecule has 0 N–H and O–H groups in total. The van der Waals surface area contributed by atoms with E-state index in [1.54, 1.807) is 0 Å². The van der Waals surface area contributed by atoms with E-state index in [1.165, 1.54) is 71.3 Å².